The largest absolute Gasteiger partial charge is 0.381 e. The maximum atomic E-state index is 5.84. The summed E-state index contributed by atoms with van der Waals surface area (Å²) in [6.45, 7) is 7.26. The molecule has 0 bridgehead atoms. The molecule has 3 atom stereocenters. The van der Waals surface area contributed by atoms with E-state index in [4.69, 9.17) is 9.72 Å². The van der Waals surface area contributed by atoms with Crippen LogP contribution in [0.2, 0.25) is 0 Å². The number of likely N-dealkylation sites (tertiary alicyclic amines) is 2. The van der Waals surface area contributed by atoms with Gasteiger partial charge < -0.3 is 4.74 Å². The molecule has 4 heterocycles. The molecule has 5 nitrogen and oxygen atoms in total. The van der Waals surface area contributed by atoms with Crippen molar-refractivity contribution in [3.63, 3.8) is 0 Å². The third-order valence-electron chi connectivity index (χ3n) is 5.83. The van der Waals surface area contributed by atoms with Gasteiger partial charge in [-0.3, -0.25) is 19.8 Å². The lowest BCUT2D eigenvalue weighted by Crippen LogP contribution is -2.50. The summed E-state index contributed by atoms with van der Waals surface area (Å²) in [6, 6.07) is 11.1. The Labute approximate surface area is 156 Å². The number of pyridine rings is 2. The van der Waals surface area contributed by atoms with Gasteiger partial charge in [0.1, 0.15) is 0 Å². The van der Waals surface area contributed by atoms with Crippen molar-refractivity contribution in [2.75, 3.05) is 26.7 Å². The van der Waals surface area contributed by atoms with E-state index in [0.717, 1.165) is 44.8 Å². The number of aromatic nitrogens is 2. The quantitative estimate of drug-likeness (QED) is 0.827. The number of aryl methyl sites for hydroxylation is 1. The highest BCUT2D eigenvalue weighted by Gasteiger charge is 2.44. The summed E-state index contributed by atoms with van der Waals surface area (Å²) in [5, 5.41) is 0. The van der Waals surface area contributed by atoms with Gasteiger partial charge in [0.05, 0.1) is 11.8 Å². The first kappa shape index (κ1) is 17.6. The molecule has 0 aromatic carbocycles. The van der Waals surface area contributed by atoms with Gasteiger partial charge in [0.15, 0.2) is 0 Å². The molecule has 0 unspecified atom stereocenters. The van der Waals surface area contributed by atoms with Crippen LogP contribution in [0.3, 0.4) is 0 Å². The molecule has 2 aromatic rings. The average molecular weight is 352 g/mol. The van der Waals surface area contributed by atoms with E-state index in [0.29, 0.717) is 18.1 Å². The van der Waals surface area contributed by atoms with Crippen molar-refractivity contribution in [1.82, 2.24) is 19.8 Å². The van der Waals surface area contributed by atoms with Crippen LogP contribution in [0.4, 0.5) is 0 Å². The van der Waals surface area contributed by atoms with Gasteiger partial charge in [0.2, 0.25) is 0 Å². The smallest absolute Gasteiger partial charge is 0.0639 e. The number of rotatable bonds is 5. The van der Waals surface area contributed by atoms with Crippen LogP contribution in [0.15, 0.2) is 42.7 Å². The van der Waals surface area contributed by atoms with Gasteiger partial charge in [0, 0.05) is 69.9 Å². The fourth-order valence-corrected chi connectivity index (χ4v) is 4.58. The molecule has 2 saturated heterocycles. The first-order valence-corrected chi connectivity index (χ1v) is 9.53. The van der Waals surface area contributed by atoms with E-state index in [1.807, 2.05) is 19.5 Å². The standard InChI is InChI=1S/C21H28N4O/c1-16-4-3-5-18(23-16)13-25-11-8-21(26-2)19-14-24(15-20(19)25)12-17-6-9-22-10-7-17/h3-7,9-10,19-21H,8,11-15H2,1-2H3/t19-,20+,21+/m1/s1. The minimum atomic E-state index is 0.365. The highest BCUT2D eigenvalue weighted by molar-refractivity contribution is 5.12. The molecule has 138 valence electrons. The molecular formula is C21H28N4O. The van der Waals surface area contributed by atoms with E-state index < -0.39 is 0 Å². The second kappa shape index (κ2) is 7.82. The number of fused-ring (bicyclic) bond motifs is 1. The Morgan fingerprint density at radius 2 is 1.96 bits per heavy atom. The fourth-order valence-electron chi connectivity index (χ4n) is 4.58. The topological polar surface area (TPSA) is 41.5 Å². The predicted molar refractivity (Wildman–Crippen MR) is 102 cm³/mol. The number of hydrogen-bond donors (Lipinski definition) is 0. The SMILES string of the molecule is CO[C@H]1CCN(Cc2cccc(C)n2)[C@H]2CN(Cc3ccncc3)C[C@@H]12. The lowest BCUT2D eigenvalue weighted by atomic mass is 9.89. The Morgan fingerprint density at radius 3 is 2.73 bits per heavy atom. The van der Waals surface area contributed by atoms with Crippen LogP contribution in [-0.2, 0) is 17.8 Å². The zero-order valence-electron chi connectivity index (χ0n) is 15.7. The van der Waals surface area contributed by atoms with E-state index >= 15 is 0 Å². The first-order valence-electron chi connectivity index (χ1n) is 9.53. The van der Waals surface area contributed by atoms with Crippen molar-refractivity contribution >= 4 is 0 Å². The number of methoxy groups -OCH3 is 1. The summed E-state index contributed by atoms with van der Waals surface area (Å²) >= 11 is 0. The van der Waals surface area contributed by atoms with Crippen LogP contribution in [0.25, 0.3) is 0 Å². The van der Waals surface area contributed by atoms with Crippen LogP contribution in [0, 0.1) is 12.8 Å². The Hall–Kier alpha value is -1.82. The first-order chi connectivity index (χ1) is 12.7. The summed E-state index contributed by atoms with van der Waals surface area (Å²) in [5.41, 5.74) is 3.60. The molecule has 0 N–H and O–H groups in total. The lowest BCUT2D eigenvalue weighted by Gasteiger charge is -2.41. The summed E-state index contributed by atoms with van der Waals surface area (Å²) in [4.78, 5) is 14.0. The normalized spacial score (nSPS) is 26.8. The van der Waals surface area contributed by atoms with Gasteiger partial charge in [0.25, 0.3) is 0 Å². The van der Waals surface area contributed by atoms with E-state index in [1.54, 1.807) is 0 Å². The molecular weight excluding hydrogens is 324 g/mol. The highest BCUT2D eigenvalue weighted by Crippen LogP contribution is 2.33. The molecule has 0 spiro atoms. The molecule has 0 aliphatic carbocycles. The number of piperidine rings is 1. The van der Waals surface area contributed by atoms with E-state index in [-0.39, 0.29) is 0 Å². The van der Waals surface area contributed by atoms with Gasteiger partial charge in [-0.15, -0.1) is 0 Å². The molecule has 2 aliphatic heterocycles. The van der Waals surface area contributed by atoms with Crippen LogP contribution in [0.1, 0.15) is 23.4 Å². The molecule has 4 rings (SSSR count). The summed E-state index contributed by atoms with van der Waals surface area (Å²) < 4.78 is 5.84. The molecule has 2 fully saturated rings. The van der Waals surface area contributed by atoms with Crippen molar-refractivity contribution in [2.45, 2.75) is 38.6 Å². The molecule has 0 radical (unpaired) electrons. The number of hydrogen-bond acceptors (Lipinski definition) is 5. The highest BCUT2D eigenvalue weighted by atomic mass is 16.5. The molecule has 0 saturated carbocycles. The van der Waals surface area contributed by atoms with E-state index in [2.05, 4.69) is 52.0 Å². The maximum Gasteiger partial charge on any atom is 0.0639 e. The van der Waals surface area contributed by atoms with Crippen molar-refractivity contribution in [2.24, 2.45) is 5.92 Å². The van der Waals surface area contributed by atoms with Crippen molar-refractivity contribution in [1.29, 1.82) is 0 Å². The van der Waals surface area contributed by atoms with Gasteiger partial charge in [-0.2, -0.15) is 0 Å². The Kier molecular flexibility index (Phi) is 5.29. The van der Waals surface area contributed by atoms with Crippen molar-refractivity contribution < 1.29 is 4.74 Å². The summed E-state index contributed by atoms with van der Waals surface area (Å²) in [7, 11) is 1.87. The van der Waals surface area contributed by atoms with E-state index in [1.165, 1.54) is 11.3 Å². The van der Waals surface area contributed by atoms with Crippen LogP contribution < -0.4 is 0 Å². The summed E-state index contributed by atoms with van der Waals surface area (Å²) in [6.07, 6.45) is 5.23. The van der Waals surface area contributed by atoms with Crippen LogP contribution in [-0.4, -0.2) is 58.7 Å². The molecule has 2 aliphatic rings. The Bertz CT molecular complexity index is 723. The van der Waals surface area contributed by atoms with Crippen LogP contribution >= 0.6 is 0 Å². The Balaban J connectivity index is 1.48. The lowest BCUT2D eigenvalue weighted by molar-refractivity contribution is -0.0248. The predicted octanol–water partition coefficient (Wildman–Crippen LogP) is 2.51. The van der Waals surface area contributed by atoms with Crippen molar-refractivity contribution in [3.05, 3.63) is 59.7 Å². The molecule has 0 amide bonds. The van der Waals surface area contributed by atoms with Crippen molar-refractivity contribution in [3.8, 4) is 0 Å². The second-order valence-electron chi connectivity index (χ2n) is 7.58. The van der Waals surface area contributed by atoms with E-state index in [9.17, 15) is 0 Å². The Morgan fingerprint density at radius 1 is 1.12 bits per heavy atom. The molecule has 5 heteroatoms. The minimum Gasteiger partial charge on any atom is -0.381 e. The van der Waals surface area contributed by atoms with Gasteiger partial charge in [-0.1, -0.05) is 6.07 Å². The third-order valence-corrected chi connectivity index (χ3v) is 5.83. The zero-order valence-corrected chi connectivity index (χ0v) is 15.7. The number of ether oxygens (including phenoxy) is 1. The van der Waals surface area contributed by atoms with Gasteiger partial charge in [-0.05, 0) is 43.2 Å². The van der Waals surface area contributed by atoms with Gasteiger partial charge in [-0.25, -0.2) is 0 Å². The maximum absolute atomic E-state index is 5.84. The second-order valence-corrected chi connectivity index (χ2v) is 7.58. The summed E-state index contributed by atoms with van der Waals surface area (Å²) in [5.74, 6) is 0.570. The monoisotopic (exact) mass is 352 g/mol. The van der Waals surface area contributed by atoms with Gasteiger partial charge >= 0.3 is 0 Å². The zero-order chi connectivity index (χ0) is 17.9. The fraction of sp³-hybridized carbons (Fsp3) is 0.524. The molecule has 26 heavy (non-hydrogen) atoms. The van der Waals surface area contributed by atoms with Crippen LogP contribution in [0.5, 0.6) is 0 Å². The number of nitrogens with zero attached hydrogens (tertiary/aromatic N) is 4. The third kappa shape index (κ3) is 3.80. The molecule has 2 aromatic heterocycles. The minimum absolute atomic E-state index is 0.365. The average Bonchev–Trinajstić information content (AvgIpc) is 3.07.